The third-order valence-corrected chi connectivity index (χ3v) is 5.89. The molecule has 2 aromatic rings. The summed E-state index contributed by atoms with van der Waals surface area (Å²) >= 11 is 0. The summed E-state index contributed by atoms with van der Waals surface area (Å²) in [7, 11) is 3.89. The van der Waals surface area contributed by atoms with Crippen LogP contribution in [0.4, 0.5) is 11.8 Å². The Morgan fingerprint density at radius 2 is 2.00 bits per heavy atom. The van der Waals surface area contributed by atoms with E-state index in [9.17, 15) is 4.79 Å². The quantitative estimate of drug-likeness (QED) is 0.741. The Labute approximate surface area is 171 Å². The van der Waals surface area contributed by atoms with Gasteiger partial charge in [-0.25, -0.2) is 4.98 Å². The van der Waals surface area contributed by atoms with Crippen LogP contribution < -0.4 is 10.6 Å². The Bertz CT molecular complexity index is 945. The van der Waals surface area contributed by atoms with E-state index in [2.05, 4.69) is 22.5 Å². The van der Waals surface area contributed by atoms with Gasteiger partial charge in [-0.3, -0.25) is 4.79 Å². The van der Waals surface area contributed by atoms with E-state index in [1.54, 1.807) is 0 Å². The molecule has 0 amide bonds. The van der Waals surface area contributed by atoms with Gasteiger partial charge in [-0.2, -0.15) is 9.97 Å². The van der Waals surface area contributed by atoms with E-state index < -0.39 is 0 Å². The molecule has 1 aliphatic heterocycles. The lowest BCUT2D eigenvalue weighted by atomic mass is 10.1. The van der Waals surface area contributed by atoms with Gasteiger partial charge in [0.1, 0.15) is 11.9 Å². The molecule has 0 bridgehead atoms. The molecule has 0 spiro atoms. The zero-order valence-corrected chi connectivity index (χ0v) is 17.9. The molecule has 1 fully saturated rings. The van der Waals surface area contributed by atoms with Crippen molar-refractivity contribution in [1.82, 2.24) is 19.9 Å². The number of aromatic nitrogens is 3. The molecular weight excluding hydrogens is 368 g/mol. The molecule has 2 aromatic heterocycles. The first-order valence-electron chi connectivity index (χ1n) is 10.4. The van der Waals surface area contributed by atoms with Crippen LogP contribution in [0, 0.1) is 12.8 Å². The van der Waals surface area contributed by atoms with Gasteiger partial charge in [-0.05, 0) is 44.4 Å². The lowest BCUT2D eigenvalue weighted by Crippen LogP contribution is -2.37. The van der Waals surface area contributed by atoms with Crippen LogP contribution in [0.3, 0.4) is 0 Å². The minimum absolute atomic E-state index is 0.0691. The van der Waals surface area contributed by atoms with Crippen molar-refractivity contribution in [3.05, 3.63) is 16.8 Å². The first-order valence-corrected chi connectivity index (χ1v) is 10.4. The van der Waals surface area contributed by atoms with Gasteiger partial charge in [0.2, 0.25) is 5.95 Å². The van der Waals surface area contributed by atoms with Crippen molar-refractivity contribution in [2.24, 2.45) is 5.92 Å². The zero-order chi connectivity index (χ0) is 20.7. The topological polar surface area (TPSA) is 92.3 Å². The SMILES string of the molecule is CNc1nc(NC2CN(C)CC2OC(=O)C(C)C)nc2nc3c(c(C)c12)CCC3. The molecule has 8 nitrogen and oxygen atoms in total. The first kappa shape index (κ1) is 19.8. The Morgan fingerprint density at radius 3 is 2.72 bits per heavy atom. The second-order valence-corrected chi connectivity index (χ2v) is 8.46. The van der Waals surface area contributed by atoms with E-state index in [-0.39, 0.29) is 24.0 Å². The summed E-state index contributed by atoms with van der Waals surface area (Å²) in [4.78, 5) is 28.5. The summed E-state index contributed by atoms with van der Waals surface area (Å²) in [6.07, 6.45) is 2.99. The molecule has 156 valence electrons. The van der Waals surface area contributed by atoms with Crippen molar-refractivity contribution in [3.8, 4) is 0 Å². The molecule has 2 atom stereocenters. The average Bonchev–Trinajstić information content (AvgIpc) is 3.27. The molecule has 3 heterocycles. The van der Waals surface area contributed by atoms with Crippen LogP contribution in [0.25, 0.3) is 11.0 Å². The van der Waals surface area contributed by atoms with Crippen LogP contribution in [0.15, 0.2) is 0 Å². The number of nitrogens with zero attached hydrogens (tertiary/aromatic N) is 4. The molecular formula is C21H30N6O2. The number of likely N-dealkylation sites (tertiary alicyclic amines) is 1. The largest absolute Gasteiger partial charge is 0.459 e. The number of anilines is 2. The van der Waals surface area contributed by atoms with Crippen molar-refractivity contribution < 1.29 is 9.53 Å². The molecule has 1 saturated heterocycles. The van der Waals surface area contributed by atoms with E-state index >= 15 is 0 Å². The molecule has 2 unspecified atom stereocenters. The van der Waals surface area contributed by atoms with Crippen LogP contribution in [-0.2, 0) is 22.4 Å². The normalized spacial score (nSPS) is 21.6. The Balaban J connectivity index is 1.65. The number of ether oxygens (including phenoxy) is 1. The minimum atomic E-state index is -0.234. The van der Waals surface area contributed by atoms with Gasteiger partial charge in [0.15, 0.2) is 5.65 Å². The molecule has 0 aromatic carbocycles. The standard InChI is InChI=1S/C21H30N6O2/c1-11(2)20(28)29-16-10-27(5)9-15(16)24-21-25-18(22-4)17-12(3)13-7-6-8-14(13)23-19(17)26-21/h11,15-16H,6-10H2,1-5H3,(H2,22,23,24,25,26). The fourth-order valence-corrected chi connectivity index (χ4v) is 4.33. The van der Waals surface area contributed by atoms with E-state index in [1.165, 1.54) is 11.1 Å². The van der Waals surface area contributed by atoms with E-state index in [1.807, 2.05) is 27.9 Å². The van der Waals surface area contributed by atoms with Crippen LogP contribution in [0.1, 0.15) is 37.1 Å². The zero-order valence-electron chi connectivity index (χ0n) is 17.9. The fourth-order valence-electron chi connectivity index (χ4n) is 4.33. The molecule has 0 radical (unpaired) electrons. The Morgan fingerprint density at radius 1 is 1.21 bits per heavy atom. The highest BCUT2D eigenvalue weighted by Gasteiger charge is 2.35. The monoisotopic (exact) mass is 398 g/mol. The number of carbonyl (C=O) groups is 1. The molecule has 2 N–H and O–H groups in total. The number of rotatable bonds is 5. The number of hydrogen-bond donors (Lipinski definition) is 2. The highest BCUT2D eigenvalue weighted by atomic mass is 16.5. The number of hydrogen-bond acceptors (Lipinski definition) is 8. The van der Waals surface area contributed by atoms with Gasteiger partial charge in [0, 0.05) is 25.8 Å². The maximum Gasteiger partial charge on any atom is 0.308 e. The molecule has 0 saturated carbocycles. The third-order valence-electron chi connectivity index (χ3n) is 5.89. The Kier molecular flexibility index (Phi) is 5.29. The van der Waals surface area contributed by atoms with E-state index in [0.29, 0.717) is 18.1 Å². The van der Waals surface area contributed by atoms with Gasteiger partial charge in [0.05, 0.1) is 17.3 Å². The molecule has 29 heavy (non-hydrogen) atoms. The third kappa shape index (κ3) is 3.73. The van der Waals surface area contributed by atoms with Gasteiger partial charge < -0.3 is 20.3 Å². The second kappa shape index (κ2) is 7.74. The second-order valence-electron chi connectivity index (χ2n) is 8.46. The average molecular weight is 399 g/mol. The lowest BCUT2D eigenvalue weighted by Gasteiger charge is -2.22. The molecule has 2 aliphatic rings. The number of likely N-dealkylation sites (N-methyl/N-ethyl adjacent to an activating group) is 1. The summed E-state index contributed by atoms with van der Waals surface area (Å²) in [5.41, 5.74) is 4.44. The van der Waals surface area contributed by atoms with Crippen LogP contribution >= 0.6 is 0 Å². The van der Waals surface area contributed by atoms with E-state index in [4.69, 9.17) is 19.7 Å². The highest BCUT2D eigenvalue weighted by molar-refractivity contribution is 5.91. The number of nitrogens with one attached hydrogen (secondary N) is 2. The van der Waals surface area contributed by atoms with Gasteiger partial charge >= 0.3 is 5.97 Å². The number of fused-ring (bicyclic) bond motifs is 2. The van der Waals surface area contributed by atoms with Gasteiger partial charge in [-0.1, -0.05) is 13.8 Å². The summed E-state index contributed by atoms with van der Waals surface area (Å²) in [6, 6.07) is -0.0691. The Hall–Kier alpha value is -2.48. The minimum Gasteiger partial charge on any atom is -0.459 e. The number of carbonyl (C=O) groups excluding carboxylic acids is 1. The maximum atomic E-state index is 12.1. The van der Waals surface area contributed by atoms with Crippen molar-refractivity contribution in [1.29, 1.82) is 0 Å². The summed E-state index contributed by atoms with van der Waals surface area (Å²) in [5.74, 6) is 0.959. The van der Waals surface area contributed by atoms with Crippen LogP contribution in [-0.4, -0.2) is 65.2 Å². The van der Waals surface area contributed by atoms with Crippen LogP contribution in [0.2, 0.25) is 0 Å². The van der Waals surface area contributed by atoms with E-state index in [0.717, 1.165) is 42.7 Å². The van der Waals surface area contributed by atoms with Crippen molar-refractivity contribution in [2.75, 3.05) is 37.8 Å². The summed E-state index contributed by atoms with van der Waals surface area (Å²) < 4.78 is 5.72. The van der Waals surface area contributed by atoms with Crippen molar-refractivity contribution in [3.63, 3.8) is 0 Å². The number of aryl methyl sites for hydroxylation is 2. The van der Waals surface area contributed by atoms with Gasteiger partial charge in [-0.15, -0.1) is 0 Å². The summed E-state index contributed by atoms with van der Waals surface area (Å²) in [5, 5.41) is 7.60. The first-order chi connectivity index (χ1) is 13.9. The van der Waals surface area contributed by atoms with Crippen LogP contribution in [0.5, 0.6) is 0 Å². The van der Waals surface area contributed by atoms with Crippen molar-refractivity contribution in [2.45, 2.75) is 52.2 Å². The maximum absolute atomic E-state index is 12.1. The molecule has 1 aliphatic carbocycles. The summed E-state index contributed by atoms with van der Waals surface area (Å²) in [6.45, 7) is 7.28. The molecule has 8 heteroatoms. The molecule has 4 rings (SSSR count). The fraction of sp³-hybridized carbons (Fsp3) is 0.619. The van der Waals surface area contributed by atoms with Gasteiger partial charge in [0.25, 0.3) is 0 Å². The number of pyridine rings is 1. The lowest BCUT2D eigenvalue weighted by molar-refractivity contribution is -0.152. The van der Waals surface area contributed by atoms with Crippen molar-refractivity contribution >= 4 is 28.8 Å². The number of esters is 1. The predicted octanol–water partition coefficient (Wildman–Crippen LogP) is 2.16. The predicted molar refractivity (Wildman–Crippen MR) is 113 cm³/mol. The highest BCUT2D eigenvalue weighted by Crippen LogP contribution is 2.32. The smallest absolute Gasteiger partial charge is 0.308 e.